The van der Waals surface area contributed by atoms with Gasteiger partial charge in [0.2, 0.25) is 6.79 Å². The Morgan fingerprint density at radius 3 is 2.50 bits per heavy atom. The molecule has 116 valence electrons. The normalized spacial score (nSPS) is 13.6. The van der Waals surface area contributed by atoms with E-state index in [2.05, 4.69) is 12.2 Å². The zero-order valence-corrected chi connectivity index (χ0v) is 12.9. The minimum Gasteiger partial charge on any atom is -0.493 e. The lowest BCUT2D eigenvalue weighted by molar-refractivity contribution is 0.174. The first-order valence-corrected chi connectivity index (χ1v) is 7.09. The van der Waals surface area contributed by atoms with E-state index in [9.17, 15) is 0 Å². The Morgan fingerprint density at radius 2 is 1.73 bits per heavy atom. The van der Waals surface area contributed by atoms with Crippen molar-refractivity contribution in [2.45, 2.75) is 13.0 Å². The molecule has 0 fully saturated rings. The largest absolute Gasteiger partial charge is 0.493 e. The summed E-state index contributed by atoms with van der Waals surface area (Å²) in [6.07, 6.45) is 0. The van der Waals surface area contributed by atoms with Crippen molar-refractivity contribution in [3.63, 3.8) is 0 Å². The van der Waals surface area contributed by atoms with Crippen LogP contribution in [0, 0.1) is 0 Å². The Balaban J connectivity index is 1.78. The van der Waals surface area contributed by atoms with E-state index in [1.165, 1.54) is 0 Å². The topological polar surface area (TPSA) is 49.0 Å². The molecule has 2 aromatic carbocycles. The second-order valence-corrected chi connectivity index (χ2v) is 5.05. The van der Waals surface area contributed by atoms with E-state index >= 15 is 0 Å². The first-order valence-electron chi connectivity index (χ1n) is 7.09. The van der Waals surface area contributed by atoms with E-state index in [-0.39, 0.29) is 12.8 Å². The van der Waals surface area contributed by atoms with Gasteiger partial charge in [-0.3, -0.25) is 0 Å². The molecule has 5 heteroatoms. The number of benzene rings is 2. The molecule has 0 spiro atoms. The lowest BCUT2D eigenvalue weighted by atomic mass is 10.1. The molecule has 22 heavy (non-hydrogen) atoms. The zero-order valence-electron chi connectivity index (χ0n) is 12.9. The molecule has 2 aromatic rings. The maximum absolute atomic E-state index is 5.39. The molecule has 1 heterocycles. The van der Waals surface area contributed by atoms with Crippen LogP contribution in [0.5, 0.6) is 23.0 Å². The lowest BCUT2D eigenvalue weighted by Crippen LogP contribution is -2.07. The summed E-state index contributed by atoms with van der Waals surface area (Å²) in [4.78, 5) is 0. The average molecular weight is 301 g/mol. The first-order chi connectivity index (χ1) is 10.7. The van der Waals surface area contributed by atoms with Crippen molar-refractivity contribution in [3.05, 3.63) is 42.0 Å². The van der Waals surface area contributed by atoms with Crippen LogP contribution in [0.3, 0.4) is 0 Å². The van der Waals surface area contributed by atoms with Crippen LogP contribution >= 0.6 is 0 Å². The lowest BCUT2D eigenvalue weighted by Gasteiger charge is -2.18. The predicted molar refractivity (Wildman–Crippen MR) is 84.1 cm³/mol. The number of hydrogen-bond acceptors (Lipinski definition) is 5. The van der Waals surface area contributed by atoms with E-state index in [1.807, 2.05) is 36.4 Å². The van der Waals surface area contributed by atoms with E-state index < -0.39 is 0 Å². The van der Waals surface area contributed by atoms with Crippen LogP contribution in [0.1, 0.15) is 18.5 Å². The van der Waals surface area contributed by atoms with Gasteiger partial charge in [-0.15, -0.1) is 0 Å². The highest BCUT2D eigenvalue weighted by Gasteiger charge is 2.15. The van der Waals surface area contributed by atoms with E-state index in [0.29, 0.717) is 0 Å². The Hall–Kier alpha value is -2.56. The molecule has 3 rings (SSSR count). The van der Waals surface area contributed by atoms with E-state index in [0.717, 1.165) is 34.2 Å². The molecule has 1 aliphatic heterocycles. The van der Waals surface area contributed by atoms with Crippen LogP contribution < -0.4 is 24.3 Å². The van der Waals surface area contributed by atoms with Gasteiger partial charge in [0.05, 0.1) is 14.2 Å². The third-order valence-electron chi connectivity index (χ3n) is 3.66. The van der Waals surface area contributed by atoms with Gasteiger partial charge in [-0.05, 0) is 36.8 Å². The van der Waals surface area contributed by atoms with Gasteiger partial charge < -0.3 is 24.3 Å². The fraction of sp³-hybridized carbons (Fsp3) is 0.294. The molecule has 0 amide bonds. The number of fused-ring (bicyclic) bond motifs is 1. The van der Waals surface area contributed by atoms with Gasteiger partial charge in [0.1, 0.15) is 0 Å². The molecule has 0 bridgehead atoms. The minimum atomic E-state index is 0.111. The van der Waals surface area contributed by atoms with Crippen LogP contribution in [-0.4, -0.2) is 21.0 Å². The Morgan fingerprint density at radius 1 is 0.955 bits per heavy atom. The number of hydrogen-bond donors (Lipinski definition) is 1. The molecular formula is C17H19NO4. The molecule has 1 aliphatic rings. The van der Waals surface area contributed by atoms with E-state index in [4.69, 9.17) is 18.9 Å². The van der Waals surface area contributed by atoms with Crippen LogP contribution in [-0.2, 0) is 0 Å². The monoisotopic (exact) mass is 301 g/mol. The molecule has 1 N–H and O–H groups in total. The number of anilines is 1. The minimum absolute atomic E-state index is 0.111. The molecule has 1 unspecified atom stereocenters. The third kappa shape index (κ3) is 2.74. The average Bonchev–Trinajstić information content (AvgIpc) is 3.01. The smallest absolute Gasteiger partial charge is 0.231 e. The van der Waals surface area contributed by atoms with Crippen molar-refractivity contribution in [2.75, 3.05) is 26.3 Å². The predicted octanol–water partition coefficient (Wildman–Crippen LogP) is 3.61. The highest BCUT2D eigenvalue weighted by Crippen LogP contribution is 2.36. The molecular weight excluding hydrogens is 282 g/mol. The van der Waals surface area contributed by atoms with Crippen molar-refractivity contribution in [1.29, 1.82) is 0 Å². The maximum atomic E-state index is 5.39. The third-order valence-corrected chi connectivity index (χ3v) is 3.66. The van der Waals surface area contributed by atoms with Crippen molar-refractivity contribution < 1.29 is 18.9 Å². The van der Waals surface area contributed by atoms with Gasteiger partial charge in [-0.25, -0.2) is 0 Å². The van der Waals surface area contributed by atoms with Gasteiger partial charge >= 0.3 is 0 Å². The van der Waals surface area contributed by atoms with E-state index in [1.54, 1.807) is 14.2 Å². The molecule has 0 radical (unpaired) electrons. The molecule has 5 nitrogen and oxygen atoms in total. The Bertz CT molecular complexity index is 672. The quantitative estimate of drug-likeness (QED) is 0.914. The van der Waals surface area contributed by atoms with Crippen LogP contribution in [0.2, 0.25) is 0 Å². The van der Waals surface area contributed by atoms with Gasteiger partial charge in [0, 0.05) is 17.8 Å². The van der Waals surface area contributed by atoms with Crippen LogP contribution in [0.15, 0.2) is 36.4 Å². The summed E-state index contributed by atoms with van der Waals surface area (Å²) < 4.78 is 21.3. The number of methoxy groups -OCH3 is 2. The summed E-state index contributed by atoms with van der Waals surface area (Å²) in [5.41, 5.74) is 2.09. The Kier molecular flexibility index (Phi) is 3.96. The first kappa shape index (κ1) is 14.4. The summed E-state index contributed by atoms with van der Waals surface area (Å²) in [5, 5.41) is 3.44. The van der Waals surface area contributed by atoms with Crippen molar-refractivity contribution >= 4 is 5.69 Å². The van der Waals surface area contributed by atoms with Crippen LogP contribution in [0.4, 0.5) is 5.69 Å². The van der Waals surface area contributed by atoms with Crippen molar-refractivity contribution in [3.8, 4) is 23.0 Å². The number of ether oxygens (including phenoxy) is 4. The molecule has 0 saturated carbocycles. The molecule has 0 saturated heterocycles. The second kappa shape index (κ2) is 6.05. The fourth-order valence-corrected chi connectivity index (χ4v) is 2.44. The van der Waals surface area contributed by atoms with Gasteiger partial charge in [0.25, 0.3) is 0 Å². The summed E-state index contributed by atoms with van der Waals surface area (Å²) in [7, 11) is 3.27. The van der Waals surface area contributed by atoms with Gasteiger partial charge in [0.15, 0.2) is 23.0 Å². The summed E-state index contributed by atoms with van der Waals surface area (Å²) in [6.45, 7) is 2.37. The van der Waals surface area contributed by atoms with Crippen molar-refractivity contribution in [1.82, 2.24) is 0 Å². The summed E-state index contributed by atoms with van der Waals surface area (Å²) in [5.74, 6) is 3.00. The highest BCUT2D eigenvalue weighted by molar-refractivity contribution is 5.57. The molecule has 0 aromatic heterocycles. The highest BCUT2D eigenvalue weighted by atomic mass is 16.7. The number of nitrogens with one attached hydrogen (secondary N) is 1. The van der Waals surface area contributed by atoms with Gasteiger partial charge in [-0.2, -0.15) is 0 Å². The zero-order chi connectivity index (χ0) is 15.5. The summed E-state index contributed by atoms with van der Waals surface area (Å²) >= 11 is 0. The second-order valence-electron chi connectivity index (χ2n) is 5.05. The summed E-state index contributed by atoms with van der Waals surface area (Å²) in [6, 6.07) is 11.8. The standard InChI is InChI=1S/C17H19NO4/c1-11(12-4-6-14(19-2)16(8-12)20-3)18-13-5-7-15-17(9-13)22-10-21-15/h4-9,11,18H,10H2,1-3H3. The molecule has 1 atom stereocenters. The Labute approximate surface area is 129 Å². The molecule has 0 aliphatic carbocycles. The van der Waals surface area contributed by atoms with Crippen LogP contribution in [0.25, 0.3) is 0 Å². The van der Waals surface area contributed by atoms with Crippen molar-refractivity contribution in [2.24, 2.45) is 0 Å². The maximum Gasteiger partial charge on any atom is 0.231 e. The van der Waals surface area contributed by atoms with Gasteiger partial charge in [-0.1, -0.05) is 6.07 Å². The SMILES string of the molecule is COc1ccc(C(C)Nc2ccc3c(c2)OCO3)cc1OC. The number of rotatable bonds is 5. The fourth-order valence-electron chi connectivity index (χ4n) is 2.44.